The van der Waals surface area contributed by atoms with Crippen LogP contribution in [0.1, 0.15) is 35.2 Å². The molecule has 2 fully saturated rings. The maximum absolute atomic E-state index is 13.1. The van der Waals surface area contributed by atoms with Gasteiger partial charge >= 0.3 is 0 Å². The van der Waals surface area contributed by atoms with Crippen LogP contribution in [-0.4, -0.2) is 53.2 Å². The van der Waals surface area contributed by atoms with Crippen molar-refractivity contribution in [3.05, 3.63) is 58.7 Å². The van der Waals surface area contributed by atoms with Crippen molar-refractivity contribution in [3.63, 3.8) is 0 Å². The van der Waals surface area contributed by atoms with Crippen LogP contribution in [0.5, 0.6) is 5.88 Å². The van der Waals surface area contributed by atoms with Crippen molar-refractivity contribution in [2.24, 2.45) is 11.8 Å². The molecule has 2 aliphatic rings. The highest BCUT2D eigenvalue weighted by Gasteiger charge is 2.36. The number of amides is 1. The molecule has 6 nitrogen and oxygen atoms in total. The Morgan fingerprint density at radius 2 is 2.03 bits per heavy atom. The summed E-state index contributed by atoms with van der Waals surface area (Å²) in [6.07, 6.45) is 2.94. The van der Waals surface area contributed by atoms with Gasteiger partial charge in [0.05, 0.1) is 25.3 Å². The molecular formula is C26H29Cl2N3O3. The molecule has 0 bridgehead atoms. The molecule has 0 spiro atoms. The molecule has 1 aromatic carbocycles. The number of pyridine rings is 1. The van der Waals surface area contributed by atoms with E-state index in [1.165, 1.54) is 18.9 Å². The maximum atomic E-state index is 13.1. The van der Waals surface area contributed by atoms with E-state index in [-0.39, 0.29) is 22.3 Å². The Bertz CT molecular complexity index is 1040. The first-order valence-corrected chi connectivity index (χ1v) is 12.5. The predicted molar refractivity (Wildman–Crippen MR) is 133 cm³/mol. The molecule has 1 amide bonds. The van der Waals surface area contributed by atoms with E-state index in [1.807, 2.05) is 30.3 Å². The molecule has 3 N–H and O–H groups in total. The van der Waals surface area contributed by atoms with Crippen molar-refractivity contribution in [2.75, 3.05) is 19.7 Å². The molecule has 0 unspecified atom stereocenters. The van der Waals surface area contributed by atoms with E-state index in [0.717, 1.165) is 12.0 Å². The molecule has 2 aromatic rings. The zero-order chi connectivity index (χ0) is 23.9. The molecule has 0 radical (unpaired) electrons. The van der Waals surface area contributed by atoms with Crippen LogP contribution >= 0.6 is 23.2 Å². The lowest BCUT2D eigenvalue weighted by atomic mass is 10.0. The topological polar surface area (TPSA) is 83.5 Å². The number of hydrogen-bond donors (Lipinski definition) is 3. The molecule has 4 rings (SSSR count). The normalized spacial score (nSPS) is 20.6. The third-order valence-corrected chi connectivity index (χ3v) is 6.57. The van der Waals surface area contributed by atoms with Gasteiger partial charge in [0, 0.05) is 35.4 Å². The Kier molecular flexibility index (Phi) is 8.69. The predicted octanol–water partition coefficient (Wildman–Crippen LogP) is 3.45. The average molecular weight is 502 g/mol. The highest BCUT2D eigenvalue weighted by atomic mass is 35.5. The van der Waals surface area contributed by atoms with Gasteiger partial charge in [-0.05, 0) is 37.3 Å². The molecule has 0 saturated heterocycles. The molecule has 0 aliphatic heterocycles. The molecule has 34 heavy (non-hydrogen) atoms. The molecule has 2 aliphatic carbocycles. The zero-order valence-electron chi connectivity index (χ0n) is 18.8. The Morgan fingerprint density at radius 1 is 1.26 bits per heavy atom. The first-order valence-electron chi connectivity index (χ1n) is 11.6. The summed E-state index contributed by atoms with van der Waals surface area (Å²) in [5.74, 6) is 7.04. The summed E-state index contributed by atoms with van der Waals surface area (Å²) in [7, 11) is 0. The van der Waals surface area contributed by atoms with Crippen molar-refractivity contribution in [1.29, 1.82) is 0 Å². The van der Waals surface area contributed by atoms with Crippen LogP contribution in [0.3, 0.4) is 0 Å². The molecular weight excluding hydrogens is 473 g/mol. The average Bonchev–Trinajstić information content (AvgIpc) is 3.75. The van der Waals surface area contributed by atoms with Gasteiger partial charge in [-0.25, -0.2) is 4.98 Å². The van der Waals surface area contributed by atoms with E-state index in [0.29, 0.717) is 43.5 Å². The summed E-state index contributed by atoms with van der Waals surface area (Å²) in [5.41, 5.74) is 1.33. The van der Waals surface area contributed by atoms with Gasteiger partial charge in [0.15, 0.2) is 0 Å². The first kappa shape index (κ1) is 24.8. The number of nitrogens with one attached hydrogen (secondary N) is 2. The van der Waals surface area contributed by atoms with Gasteiger partial charge in [-0.1, -0.05) is 53.8 Å². The number of alkyl halides is 1. The number of carbonyl (C=O) groups is 1. The highest BCUT2D eigenvalue weighted by Crippen LogP contribution is 2.36. The largest absolute Gasteiger partial charge is 0.477 e. The second-order valence-corrected chi connectivity index (χ2v) is 9.85. The van der Waals surface area contributed by atoms with Crippen LogP contribution < -0.4 is 15.4 Å². The maximum Gasteiger partial charge on any atom is 0.251 e. The van der Waals surface area contributed by atoms with Gasteiger partial charge in [0.25, 0.3) is 5.91 Å². The highest BCUT2D eigenvalue weighted by molar-refractivity contribution is 6.29. The molecule has 1 heterocycles. The van der Waals surface area contributed by atoms with Crippen molar-refractivity contribution < 1.29 is 14.6 Å². The van der Waals surface area contributed by atoms with E-state index in [2.05, 4.69) is 27.5 Å². The minimum atomic E-state index is -0.810. The second-order valence-electron chi connectivity index (χ2n) is 8.90. The van der Waals surface area contributed by atoms with Gasteiger partial charge in [0.2, 0.25) is 5.88 Å². The minimum absolute atomic E-state index is 0.135. The standard InChI is InChI=1S/C26H29Cl2N3O3/c27-21-12-20(21)16-34-25-14-19(13-24(28)31-25)26(33)30-22(11-18-5-2-1-3-6-18)23(32)15-29-10-4-7-17-8-9-17/h1-3,5-6,13-14,17,20-23,29,32H,8-12,15-16H2,(H,30,33)/t20-,21+,22+,23-/m1/s1. The van der Waals surface area contributed by atoms with Crippen LogP contribution in [0.2, 0.25) is 5.15 Å². The third kappa shape index (κ3) is 7.89. The number of halogens is 2. The molecule has 2 saturated carbocycles. The van der Waals surface area contributed by atoms with Crippen LogP contribution in [0, 0.1) is 23.7 Å². The third-order valence-electron chi connectivity index (χ3n) is 5.84. The number of nitrogens with zero attached hydrogens (tertiary/aromatic N) is 1. The van der Waals surface area contributed by atoms with Crippen LogP contribution in [0.4, 0.5) is 0 Å². The lowest BCUT2D eigenvalue weighted by molar-refractivity contribution is 0.0832. The van der Waals surface area contributed by atoms with Crippen molar-refractivity contribution in [2.45, 2.75) is 43.2 Å². The van der Waals surface area contributed by atoms with Gasteiger partial charge < -0.3 is 20.5 Å². The molecule has 4 atom stereocenters. The van der Waals surface area contributed by atoms with Gasteiger partial charge in [-0.2, -0.15) is 0 Å². The van der Waals surface area contributed by atoms with Crippen LogP contribution in [-0.2, 0) is 6.42 Å². The fraction of sp³-hybridized carbons (Fsp3) is 0.462. The number of carbonyl (C=O) groups excluding carboxylic acids is 1. The number of rotatable bonds is 11. The van der Waals surface area contributed by atoms with Gasteiger partial charge in [-0.3, -0.25) is 4.79 Å². The van der Waals surface area contributed by atoms with Crippen LogP contribution in [0.15, 0.2) is 42.5 Å². The number of hydrogen-bond acceptors (Lipinski definition) is 5. The van der Waals surface area contributed by atoms with Crippen molar-refractivity contribution >= 4 is 29.1 Å². The second kappa shape index (κ2) is 11.9. The summed E-state index contributed by atoms with van der Waals surface area (Å²) < 4.78 is 5.69. The SMILES string of the molecule is O=C(N[C@@H](Cc1ccccc1)[C@H](O)CNCC#CC1CC1)c1cc(Cl)nc(OC[C@H]2C[C@@H]2Cl)c1. The van der Waals surface area contributed by atoms with Crippen molar-refractivity contribution in [1.82, 2.24) is 15.6 Å². The van der Waals surface area contributed by atoms with E-state index < -0.39 is 12.1 Å². The lowest BCUT2D eigenvalue weighted by Gasteiger charge is -2.25. The monoisotopic (exact) mass is 501 g/mol. The Labute approximate surface area is 210 Å². The van der Waals surface area contributed by atoms with Gasteiger partial charge in [-0.15, -0.1) is 11.6 Å². The molecule has 180 valence electrons. The first-order chi connectivity index (χ1) is 16.5. The minimum Gasteiger partial charge on any atom is -0.477 e. The number of ether oxygens (including phenoxy) is 1. The number of aliphatic hydroxyl groups excluding tert-OH is 1. The van der Waals surface area contributed by atoms with Crippen molar-refractivity contribution in [3.8, 4) is 17.7 Å². The fourth-order valence-electron chi connectivity index (χ4n) is 3.50. The lowest BCUT2D eigenvalue weighted by Crippen LogP contribution is -2.48. The zero-order valence-corrected chi connectivity index (χ0v) is 20.4. The summed E-state index contributed by atoms with van der Waals surface area (Å²) in [4.78, 5) is 17.2. The van der Waals surface area contributed by atoms with E-state index in [4.69, 9.17) is 27.9 Å². The van der Waals surface area contributed by atoms with E-state index in [1.54, 1.807) is 6.07 Å². The number of benzene rings is 1. The van der Waals surface area contributed by atoms with E-state index >= 15 is 0 Å². The number of aliphatic hydroxyl groups is 1. The Balaban J connectivity index is 1.39. The van der Waals surface area contributed by atoms with Gasteiger partial charge in [0.1, 0.15) is 5.15 Å². The van der Waals surface area contributed by atoms with Crippen LogP contribution in [0.25, 0.3) is 0 Å². The summed E-state index contributed by atoms with van der Waals surface area (Å²) in [5, 5.41) is 17.3. The summed E-state index contributed by atoms with van der Waals surface area (Å²) >= 11 is 12.2. The molecule has 1 aromatic heterocycles. The molecule has 8 heteroatoms. The quantitative estimate of drug-likeness (QED) is 0.190. The Morgan fingerprint density at radius 3 is 2.74 bits per heavy atom. The smallest absolute Gasteiger partial charge is 0.251 e. The van der Waals surface area contributed by atoms with E-state index in [9.17, 15) is 9.90 Å². The summed E-state index contributed by atoms with van der Waals surface area (Å²) in [6.45, 7) is 1.25. The summed E-state index contributed by atoms with van der Waals surface area (Å²) in [6, 6.07) is 12.3. The Hall–Kier alpha value is -2.30. The number of aromatic nitrogens is 1. The fourth-order valence-corrected chi connectivity index (χ4v) is 4.01.